The van der Waals surface area contributed by atoms with Crippen molar-refractivity contribution in [1.29, 1.82) is 0 Å². The molecule has 7 heteroatoms. The summed E-state index contributed by atoms with van der Waals surface area (Å²) in [4.78, 5) is 22.2. The number of benzene rings is 2. The Morgan fingerprint density at radius 2 is 1.69 bits per heavy atom. The number of hydrogen-bond acceptors (Lipinski definition) is 6. The van der Waals surface area contributed by atoms with Crippen LogP contribution in [0.4, 0.5) is 5.69 Å². The Morgan fingerprint density at radius 3 is 2.27 bits per heavy atom. The molecule has 3 rings (SSSR count). The number of ether oxygens (including phenoxy) is 1. The predicted molar refractivity (Wildman–Crippen MR) is 95.0 cm³/mol. The Hall–Kier alpha value is -3.61. The first kappa shape index (κ1) is 17.2. The minimum absolute atomic E-state index is 0.0564. The summed E-state index contributed by atoms with van der Waals surface area (Å²) in [6.07, 6.45) is 0. The second-order valence-electron chi connectivity index (χ2n) is 5.75. The average molecular weight is 349 g/mol. The molecule has 2 aromatic carbocycles. The minimum Gasteiger partial charge on any atom is -0.402 e. The van der Waals surface area contributed by atoms with Crippen LogP contribution < -0.4 is 4.74 Å². The smallest absolute Gasteiger partial charge is 0.344 e. The maximum atomic E-state index is 12.1. The second-order valence-corrected chi connectivity index (χ2v) is 5.75. The lowest BCUT2D eigenvalue weighted by atomic mass is 10.0. The van der Waals surface area contributed by atoms with Gasteiger partial charge in [0.1, 0.15) is 0 Å². The van der Waals surface area contributed by atoms with Gasteiger partial charge in [-0.2, -0.15) is 0 Å². The van der Waals surface area contributed by atoms with Crippen molar-refractivity contribution >= 4 is 11.7 Å². The van der Waals surface area contributed by atoms with Gasteiger partial charge in [-0.15, -0.1) is 10.2 Å². The highest BCUT2D eigenvalue weighted by molar-refractivity contribution is 5.91. The number of aryl methyl sites for hydroxylation is 2. The van der Waals surface area contributed by atoms with Crippen LogP contribution in [-0.2, 0) is 0 Å². The van der Waals surface area contributed by atoms with E-state index < -0.39 is 10.9 Å². The van der Waals surface area contributed by atoms with E-state index in [-0.39, 0.29) is 17.1 Å². The quantitative estimate of drug-likeness (QED) is 0.403. The molecule has 1 aromatic heterocycles. The standard InChI is InChI=1S/C19H15N3O4/c1-12-3-4-15(11-13(12)2)17-9-10-18(21-20-17)26-19(23)14-5-7-16(8-6-14)22(24)25/h3-11H,1-2H3. The van der Waals surface area contributed by atoms with Crippen molar-refractivity contribution in [2.45, 2.75) is 13.8 Å². The summed E-state index contributed by atoms with van der Waals surface area (Å²) in [6.45, 7) is 4.05. The second kappa shape index (κ2) is 7.10. The van der Waals surface area contributed by atoms with E-state index in [1.54, 1.807) is 12.1 Å². The van der Waals surface area contributed by atoms with Crippen molar-refractivity contribution in [3.05, 3.63) is 81.4 Å². The molecule has 1 heterocycles. The van der Waals surface area contributed by atoms with E-state index >= 15 is 0 Å². The molecule has 7 nitrogen and oxygen atoms in total. The van der Waals surface area contributed by atoms with Gasteiger partial charge in [0.25, 0.3) is 5.69 Å². The summed E-state index contributed by atoms with van der Waals surface area (Å²) in [6, 6.07) is 14.4. The number of hydrogen-bond donors (Lipinski definition) is 0. The summed E-state index contributed by atoms with van der Waals surface area (Å²) in [5, 5.41) is 18.6. The van der Waals surface area contributed by atoms with Crippen LogP contribution in [0.3, 0.4) is 0 Å². The molecule has 26 heavy (non-hydrogen) atoms. The summed E-state index contributed by atoms with van der Waals surface area (Å²) in [5.74, 6) is -0.603. The van der Waals surface area contributed by atoms with Crippen LogP contribution in [0.25, 0.3) is 11.3 Å². The molecule has 0 aliphatic rings. The normalized spacial score (nSPS) is 10.4. The van der Waals surface area contributed by atoms with E-state index in [0.717, 1.165) is 11.1 Å². The number of nitrogens with zero attached hydrogens (tertiary/aromatic N) is 3. The third-order valence-corrected chi connectivity index (χ3v) is 3.95. The average Bonchev–Trinajstić information content (AvgIpc) is 2.64. The van der Waals surface area contributed by atoms with E-state index in [4.69, 9.17) is 4.74 Å². The van der Waals surface area contributed by atoms with Crippen LogP contribution in [0, 0.1) is 24.0 Å². The SMILES string of the molecule is Cc1ccc(-c2ccc(OC(=O)c3ccc([N+](=O)[O-])cc3)nn2)cc1C. The molecular weight excluding hydrogens is 334 g/mol. The van der Waals surface area contributed by atoms with Gasteiger partial charge in [0.15, 0.2) is 0 Å². The summed E-state index contributed by atoms with van der Waals surface area (Å²) >= 11 is 0. The van der Waals surface area contributed by atoms with Gasteiger partial charge in [0.05, 0.1) is 16.2 Å². The number of non-ortho nitro benzene ring substituents is 1. The number of rotatable bonds is 4. The van der Waals surface area contributed by atoms with Crippen LogP contribution in [0.5, 0.6) is 5.88 Å². The number of carbonyl (C=O) groups excluding carboxylic acids is 1. The van der Waals surface area contributed by atoms with Gasteiger partial charge >= 0.3 is 5.97 Å². The molecule has 0 amide bonds. The van der Waals surface area contributed by atoms with Gasteiger partial charge in [0.2, 0.25) is 5.88 Å². The molecule has 0 fully saturated rings. The Morgan fingerprint density at radius 1 is 0.962 bits per heavy atom. The Kier molecular flexibility index (Phi) is 4.70. The maximum Gasteiger partial charge on any atom is 0.344 e. The largest absolute Gasteiger partial charge is 0.402 e. The fraction of sp³-hybridized carbons (Fsp3) is 0.105. The fourth-order valence-electron chi connectivity index (χ4n) is 2.30. The lowest BCUT2D eigenvalue weighted by Gasteiger charge is -2.06. The van der Waals surface area contributed by atoms with Gasteiger partial charge in [0, 0.05) is 23.8 Å². The molecule has 0 radical (unpaired) electrons. The van der Waals surface area contributed by atoms with Crippen molar-refractivity contribution in [2.75, 3.05) is 0 Å². The molecule has 0 spiro atoms. The first-order valence-electron chi connectivity index (χ1n) is 7.82. The molecule has 0 bridgehead atoms. The van der Waals surface area contributed by atoms with Crippen LogP contribution in [0.15, 0.2) is 54.6 Å². The zero-order valence-electron chi connectivity index (χ0n) is 14.2. The van der Waals surface area contributed by atoms with E-state index in [2.05, 4.69) is 10.2 Å². The molecule has 0 aliphatic heterocycles. The number of carbonyl (C=O) groups is 1. The van der Waals surface area contributed by atoms with E-state index in [1.165, 1.54) is 29.8 Å². The Labute approximate surface area is 149 Å². The van der Waals surface area contributed by atoms with Gasteiger partial charge in [-0.25, -0.2) is 4.79 Å². The van der Waals surface area contributed by atoms with Crippen molar-refractivity contribution in [3.63, 3.8) is 0 Å². The highest BCUT2D eigenvalue weighted by Crippen LogP contribution is 2.21. The van der Waals surface area contributed by atoms with E-state index in [1.807, 2.05) is 32.0 Å². The van der Waals surface area contributed by atoms with Crippen LogP contribution in [0.1, 0.15) is 21.5 Å². The zero-order valence-corrected chi connectivity index (χ0v) is 14.2. The fourth-order valence-corrected chi connectivity index (χ4v) is 2.30. The molecule has 0 atom stereocenters. The number of aromatic nitrogens is 2. The molecule has 130 valence electrons. The Bertz CT molecular complexity index is 967. The summed E-state index contributed by atoms with van der Waals surface area (Å²) in [5.41, 5.74) is 4.03. The molecule has 0 aliphatic carbocycles. The highest BCUT2D eigenvalue weighted by Gasteiger charge is 2.13. The van der Waals surface area contributed by atoms with Crippen molar-refractivity contribution in [1.82, 2.24) is 10.2 Å². The lowest BCUT2D eigenvalue weighted by molar-refractivity contribution is -0.384. The first-order valence-corrected chi connectivity index (χ1v) is 7.82. The van der Waals surface area contributed by atoms with Crippen LogP contribution in [-0.4, -0.2) is 21.1 Å². The van der Waals surface area contributed by atoms with Gasteiger partial charge in [-0.3, -0.25) is 10.1 Å². The molecular formula is C19H15N3O4. The van der Waals surface area contributed by atoms with Gasteiger partial charge in [-0.05, 0) is 49.2 Å². The summed E-state index contributed by atoms with van der Waals surface area (Å²) in [7, 11) is 0. The van der Waals surface area contributed by atoms with E-state index in [9.17, 15) is 14.9 Å². The molecule has 3 aromatic rings. The minimum atomic E-state index is -0.659. The highest BCUT2D eigenvalue weighted by atomic mass is 16.6. The number of esters is 1. The number of nitro groups is 1. The monoisotopic (exact) mass is 349 g/mol. The molecule has 0 N–H and O–H groups in total. The third-order valence-electron chi connectivity index (χ3n) is 3.95. The number of nitro benzene ring substituents is 1. The summed E-state index contributed by atoms with van der Waals surface area (Å²) < 4.78 is 5.15. The van der Waals surface area contributed by atoms with Crippen LogP contribution in [0.2, 0.25) is 0 Å². The van der Waals surface area contributed by atoms with E-state index in [0.29, 0.717) is 5.69 Å². The predicted octanol–water partition coefficient (Wildman–Crippen LogP) is 3.89. The Balaban J connectivity index is 1.73. The maximum absolute atomic E-state index is 12.1. The van der Waals surface area contributed by atoms with Crippen molar-refractivity contribution in [2.24, 2.45) is 0 Å². The lowest BCUT2D eigenvalue weighted by Crippen LogP contribution is -2.10. The van der Waals surface area contributed by atoms with Crippen molar-refractivity contribution in [3.8, 4) is 17.1 Å². The molecule has 0 saturated heterocycles. The third kappa shape index (κ3) is 3.72. The van der Waals surface area contributed by atoms with Gasteiger partial charge in [-0.1, -0.05) is 12.1 Å². The molecule has 0 unspecified atom stereocenters. The zero-order chi connectivity index (χ0) is 18.7. The topological polar surface area (TPSA) is 95.2 Å². The first-order chi connectivity index (χ1) is 12.4. The molecule has 0 saturated carbocycles. The van der Waals surface area contributed by atoms with Gasteiger partial charge < -0.3 is 4.74 Å². The van der Waals surface area contributed by atoms with Crippen molar-refractivity contribution < 1.29 is 14.5 Å². The van der Waals surface area contributed by atoms with Crippen LogP contribution >= 0.6 is 0 Å².